The number of hydrogen-bond donors (Lipinski definition) is 2. The molecule has 1 aromatic carbocycles. The molecule has 0 saturated heterocycles. The number of hydrogen-bond acceptors (Lipinski definition) is 7. The molecule has 0 radical (unpaired) electrons. The van der Waals surface area contributed by atoms with E-state index in [0.29, 0.717) is 5.02 Å². The third kappa shape index (κ3) is 5.54. The molecule has 3 aromatic heterocycles. The molecule has 3 heterocycles. The van der Waals surface area contributed by atoms with Crippen molar-refractivity contribution in [2.75, 3.05) is 0 Å². The maximum Gasteiger partial charge on any atom is 0.437 e. The van der Waals surface area contributed by atoms with Gasteiger partial charge in [-0.3, -0.25) is 14.6 Å². The largest absolute Gasteiger partial charge is 0.449 e. The summed E-state index contributed by atoms with van der Waals surface area (Å²) < 4.78 is 46.5. The van der Waals surface area contributed by atoms with E-state index in [4.69, 9.17) is 33.2 Å². The third-order valence-corrected chi connectivity index (χ3v) is 5.07. The van der Waals surface area contributed by atoms with Crippen LogP contribution in [0.4, 0.5) is 13.2 Å². The Labute approximate surface area is 209 Å². The highest BCUT2D eigenvalue weighted by Gasteiger charge is 2.39. The minimum Gasteiger partial charge on any atom is -0.449 e. The van der Waals surface area contributed by atoms with E-state index in [1.165, 1.54) is 30.5 Å². The number of nitriles is 1. The van der Waals surface area contributed by atoms with Crippen molar-refractivity contribution in [1.29, 1.82) is 5.26 Å². The Balaban J connectivity index is 1.72. The summed E-state index contributed by atoms with van der Waals surface area (Å²) in [5.41, 5.74) is -2.96. The van der Waals surface area contributed by atoms with E-state index < -0.39 is 34.6 Å². The predicted octanol–water partition coefficient (Wildman–Crippen LogP) is 4.50. The number of pyridine rings is 1. The average Bonchev–Trinajstić information content (AvgIpc) is 2.81. The van der Waals surface area contributed by atoms with E-state index in [1.54, 1.807) is 6.07 Å². The lowest BCUT2D eigenvalue weighted by Crippen LogP contribution is -2.22. The standard InChI is InChI=1S/C22H11Cl2F3N6O3/c23-11-1-2-16(29-9-11)15-6-13(32-33-20(15)34)7-17-30-19(22(25,26)27)18(21(35)31-17)36-14-4-10(8-28)3-12(24)5-14/h1-6,9H,7H2,(H,33,34)(H,30,31,35). The molecule has 0 aliphatic heterocycles. The van der Waals surface area contributed by atoms with Gasteiger partial charge < -0.3 is 9.72 Å². The number of nitrogens with zero attached hydrogens (tertiary/aromatic N) is 4. The molecule has 9 nitrogen and oxygen atoms in total. The van der Waals surface area contributed by atoms with E-state index in [9.17, 15) is 22.8 Å². The van der Waals surface area contributed by atoms with Crippen molar-refractivity contribution >= 4 is 23.2 Å². The molecule has 0 atom stereocenters. The molecule has 0 aliphatic carbocycles. The molecule has 0 fully saturated rings. The highest BCUT2D eigenvalue weighted by molar-refractivity contribution is 6.31. The number of alkyl halides is 3. The van der Waals surface area contributed by atoms with E-state index in [-0.39, 0.29) is 39.7 Å². The van der Waals surface area contributed by atoms with Crippen LogP contribution in [0.5, 0.6) is 11.5 Å². The van der Waals surface area contributed by atoms with E-state index >= 15 is 0 Å². The first-order valence-electron chi connectivity index (χ1n) is 9.83. The molecule has 0 unspecified atom stereocenters. The van der Waals surface area contributed by atoms with E-state index in [0.717, 1.165) is 12.1 Å². The minimum atomic E-state index is -5.06. The van der Waals surface area contributed by atoms with Gasteiger partial charge in [0.15, 0.2) is 5.69 Å². The number of aromatic nitrogens is 5. The van der Waals surface area contributed by atoms with Crippen molar-refractivity contribution in [2.45, 2.75) is 12.6 Å². The van der Waals surface area contributed by atoms with Gasteiger partial charge in [-0.25, -0.2) is 10.1 Å². The Morgan fingerprint density at radius 3 is 2.50 bits per heavy atom. The van der Waals surface area contributed by atoms with Gasteiger partial charge >= 0.3 is 6.18 Å². The van der Waals surface area contributed by atoms with Crippen molar-refractivity contribution in [1.82, 2.24) is 25.1 Å². The molecular weight excluding hydrogens is 524 g/mol. The molecule has 14 heteroatoms. The van der Waals surface area contributed by atoms with Crippen LogP contribution in [-0.2, 0) is 12.6 Å². The minimum absolute atomic E-state index is 0.0159. The first kappa shape index (κ1) is 24.9. The van der Waals surface area contributed by atoms with E-state index in [2.05, 4.69) is 25.1 Å². The van der Waals surface area contributed by atoms with Crippen LogP contribution < -0.4 is 15.9 Å². The second-order valence-corrected chi connectivity index (χ2v) is 8.09. The number of halogens is 5. The summed E-state index contributed by atoms with van der Waals surface area (Å²) in [6.45, 7) is 0. The Kier molecular flexibility index (Phi) is 6.78. The Hall–Kier alpha value is -4.21. The Morgan fingerprint density at radius 1 is 1.06 bits per heavy atom. The summed E-state index contributed by atoms with van der Waals surface area (Å²) in [7, 11) is 0. The van der Waals surface area contributed by atoms with Gasteiger partial charge in [0.1, 0.15) is 11.6 Å². The first-order valence-corrected chi connectivity index (χ1v) is 10.6. The van der Waals surface area contributed by atoms with Gasteiger partial charge in [-0.05, 0) is 36.4 Å². The quantitative estimate of drug-likeness (QED) is 0.384. The Morgan fingerprint density at radius 2 is 1.83 bits per heavy atom. The molecule has 0 aliphatic rings. The lowest BCUT2D eigenvalue weighted by Gasteiger charge is -2.14. The SMILES string of the molecule is N#Cc1cc(Cl)cc(Oc2c(C(F)(F)F)nc(Cc3cc(-c4ccc(Cl)cn4)c(=O)[nH]n3)[nH]c2=O)c1. The highest BCUT2D eigenvalue weighted by atomic mass is 35.5. The number of benzene rings is 1. The molecule has 0 spiro atoms. The molecule has 4 aromatic rings. The lowest BCUT2D eigenvalue weighted by molar-refractivity contribution is -0.142. The summed E-state index contributed by atoms with van der Waals surface area (Å²) in [6, 6.07) is 9.62. The third-order valence-electron chi connectivity index (χ3n) is 4.62. The molecule has 0 bridgehead atoms. The maximum atomic E-state index is 13.8. The topological polar surface area (TPSA) is 137 Å². The number of rotatable bonds is 5. The van der Waals surface area contributed by atoms with Crippen LogP contribution in [0.2, 0.25) is 10.0 Å². The summed E-state index contributed by atoms with van der Waals surface area (Å²) in [4.78, 5) is 34.6. The number of ether oxygens (including phenoxy) is 1. The molecule has 4 rings (SSSR count). The van der Waals surface area contributed by atoms with Crippen LogP contribution in [0.15, 0.2) is 52.2 Å². The summed E-state index contributed by atoms with van der Waals surface area (Å²) in [5.74, 6) is -1.78. The number of aromatic amines is 2. The Bertz CT molecular complexity index is 1610. The summed E-state index contributed by atoms with van der Waals surface area (Å²) >= 11 is 11.7. The molecular formula is C22H11Cl2F3N6O3. The smallest absolute Gasteiger partial charge is 0.437 e. The summed E-state index contributed by atoms with van der Waals surface area (Å²) in [5, 5.41) is 15.4. The van der Waals surface area contributed by atoms with Crippen LogP contribution in [0.1, 0.15) is 22.8 Å². The van der Waals surface area contributed by atoms with Gasteiger partial charge in [0.2, 0.25) is 5.75 Å². The van der Waals surface area contributed by atoms with Crippen molar-refractivity contribution < 1.29 is 17.9 Å². The van der Waals surface area contributed by atoms with Gasteiger partial charge in [0.25, 0.3) is 11.1 Å². The number of H-pyrrole nitrogens is 2. The van der Waals surface area contributed by atoms with Gasteiger partial charge in [-0.2, -0.15) is 23.5 Å². The van der Waals surface area contributed by atoms with Gasteiger partial charge in [-0.15, -0.1) is 0 Å². The maximum absolute atomic E-state index is 13.8. The fourth-order valence-electron chi connectivity index (χ4n) is 3.12. The zero-order valence-electron chi connectivity index (χ0n) is 17.7. The average molecular weight is 535 g/mol. The van der Waals surface area contributed by atoms with Gasteiger partial charge in [-0.1, -0.05) is 23.2 Å². The molecule has 0 saturated carbocycles. The molecule has 0 amide bonds. The van der Waals surface area contributed by atoms with E-state index in [1.807, 2.05) is 0 Å². The lowest BCUT2D eigenvalue weighted by atomic mass is 10.1. The van der Waals surface area contributed by atoms with Crippen LogP contribution in [-0.4, -0.2) is 25.1 Å². The van der Waals surface area contributed by atoms with Crippen LogP contribution in [0, 0.1) is 11.3 Å². The second kappa shape index (κ2) is 9.80. The van der Waals surface area contributed by atoms with Gasteiger partial charge in [0, 0.05) is 17.6 Å². The van der Waals surface area contributed by atoms with Crippen molar-refractivity contribution in [2.24, 2.45) is 0 Å². The number of nitrogens with one attached hydrogen (secondary N) is 2. The molecule has 182 valence electrons. The van der Waals surface area contributed by atoms with Crippen LogP contribution >= 0.6 is 23.2 Å². The van der Waals surface area contributed by atoms with Crippen molar-refractivity contribution in [3.8, 4) is 28.8 Å². The fourth-order valence-corrected chi connectivity index (χ4v) is 3.46. The zero-order chi connectivity index (χ0) is 26.0. The van der Waals surface area contributed by atoms with Crippen LogP contribution in [0.3, 0.4) is 0 Å². The fraction of sp³-hybridized carbons (Fsp3) is 0.0909. The normalized spacial score (nSPS) is 11.2. The highest BCUT2D eigenvalue weighted by Crippen LogP contribution is 2.35. The van der Waals surface area contributed by atoms with Gasteiger partial charge in [0.05, 0.1) is 33.6 Å². The zero-order valence-corrected chi connectivity index (χ0v) is 19.2. The second-order valence-electron chi connectivity index (χ2n) is 7.22. The van der Waals surface area contributed by atoms with Crippen molar-refractivity contribution in [3.63, 3.8) is 0 Å². The van der Waals surface area contributed by atoms with Crippen molar-refractivity contribution in [3.05, 3.63) is 96.1 Å². The van der Waals surface area contributed by atoms with Crippen LogP contribution in [0.25, 0.3) is 11.3 Å². The summed E-state index contributed by atoms with van der Waals surface area (Å²) in [6.07, 6.45) is -4.11. The molecule has 2 N–H and O–H groups in total. The molecule has 36 heavy (non-hydrogen) atoms. The first-order chi connectivity index (χ1) is 17.0. The monoisotopic (exact) mass is 534 g/mol. The predicted molar refractivity (Wildman–Crippen MR) is 122 cm³/mol.